The van der Waals surface area contributed by atoms with E-state index in [4.69, 9.17) is 9.15 Å². The maximum atomic E-state index is 12.7. The van der Waals surface area contributed by atoms with Gasteiger partial charge < -0.3 is 9.15 Å². The average Bonchev–Trinajstić information content (AvgIpc) is 3.32. The summed E-state index contributed by atoms with van der Waals surface area (Å²) in [6, 6.07) is 15.6. The van der Waals surface area contributed by atoms with E-state index in [1.165, 1.54) is 21.1 Å². The van der Waals surface area contributed by atoms with Gasteiger partial charge in [0.05, 0.1) is 12.3 Å². The molecule has 0 saturated carbocycles. The lowest BCUT2D eigenvalue weighted by Crippen LogP contribution is -2.10. The number of para-hydroxylation sites is 1. The summed E-state index contributed by atoms with van der Waals surface area (Å²) in [5.41, 5.74) is 2.66. The minimum absolute atomic E-state index is 0.241. The molecule has 0 radical (unpaired) electrons. The molecule has 0 unspecified atom stereocenters. The number of thioether (sulfide) groups is 1. The molecular weight excluding hydrogens is 392 g/mol. The Labute approximate surface area is 169 Å². The van der Waals surface area contributed by atoms with Crippen molar-refractivity contribution in [3.63, 3.8) is 0 Å². The summed E-state index contributed by atoms with van der Waals surface area (Å²) >= 11 is 3.30. The lowest BCUT2D eigenvalue weighted by atomic mass is 10.1. The number of benzene rings is 2. The highest BCUT2D eigenvalue weighted by Crippen LogP contribution is 2.44. The van der Waals surface area contributed by atoms with E-state index in [2.05, 4.69) is 22.4 Å². The average molecular weight is 409 g/mol. The van der Waals surface area contributed by atoms with Gasteiger partial charge in [0.1, 0.15) is 0 Å². The summed E-state index contributed by atoms with van der Waals surface area (Å²) in [7, 11) is 0. The lowest BCUT2D eigenvalue weighted by Gasteiger charge is -2.13. The van der Waals surface area contributed by atoms with Crippen LogP contribution in [0.3, 0.4) is 0 Å². The number of fused-ring (bicyclic) bond motifs is 4. The zero-order valence-corrected chi connectivity index (χ0v) is 16.7. The first-order chi connectivity index (χ1) is 13.7. The van der Waals surface area contributed by atoms with Gasteiger partial charge in [-0.05, 0) is 25.1 Å². The van der Waals surface area contributed by atoms with Crippen molar-refractivity contribution in [1.29, 1.82) is 0 Å². The quantitative estimate of drug-likeness (QED) is 0.461. The Kier molecular flexibility index (Phi) is 4.33. The van der Waals surface area contributed by atoms with Gasteiger partial charge in [-0.25, -0.2) is 4.98 Å². The molecule has 0 bridgehead atoms. The van der Waals surface area contributed by atoms with Gasteiger partial charge in [-0.2, -0.15) is 0 Å². The summed E-state index contributed by atoms with van der Waals surface area (Å²) in [6.07, 6.45) is 0. The summed E-state index contributed by atoms with van der Waals surface area (Å²) in [5, 5.41) is 4.30. The van der Waals surface area contributed by atoms with E-state index < -0.39 is 0 Å². The summed E-state index contributed by atoms with van der Waals surface area (Å²) in [6.45, 7) is 2.45. The van der Waals surface area contributed by atoms with Gasteiger partial charge in [0.15, 0.2) is 22.2 Å². The van der Waals surface area contributed by atoms with Crippen LogP contribution in [0.15, 0.2) is 57.8 Å². The Bertz CT molecular complexity index is 1200. The molecule has 0 fully saturated rings. The van der Waals surface area contributed by atoms with E-state index in [9.17, 15) is 4.79 Å². The molecule has 4 aromatic rings. The molecule has 1 aliphatic rings. The van der Waals surface area contributed by atoms with Crippen LogP contribution >= 0.6 is 23.1 Å². The van der Waals surface area contributed by atoms with Crippen LogP contribution in [0.4, 0.5) is 5.13 Å². The fourth-order valence-corrected chi connectivity index (χ4v) is 5.32. The van der Waals surface area contributed by atoms with Gasteiger partial charge in [0.2, 0.25) is 0 Å². The van der Waals surface area contributed by atoms with E-state index in [1.807, 2.05) is 37.3 Å². The molecule has 0 aliphatic carbocycles. The van der Waals surface area contributed by atoms with Crippen molar-refractivity contribution in [2.24, 2.45) is 0 Å². The SMILES string of the molecule is CCOc1cccc2cc(C(=O)Nc3nc4c(s3)CSc3ccccc3-4)oc12. The van der Waals surface area contributed by atoms with Crippen LogP contribution in [0, 0.1) is 0 Å². The molecule has 0 saturated heterocycles. The number of aromatic nitrogens is 1. The number of ether oxygens (including phenoxy) is 1. The molecule has 5 nitrogen and oxygen atoms in total. The zero-order valence-electron chi connectivity index (χ0n) is 15.0. The third-order valence-corrected chi connectivity index (χ3v) is 6.70. The number of carbonyl (C=O) groups is 1. The Morgan fingerprint density at radius 3 is 3.04 bits per heavy atom. The van der Waals surface area contributed by atoms with Crippen molar-refractivity contribution in [1.82, 2.24) is 4.98 Å². The number of hydrogen-bond acceptors (Lipinski definition) is 6. The van der Waals surface area contributed by atoms with Crippen molar-refractivity contribution in [3.8, 4) is 17.0 Å². The van der Waals surface area contributed by atoms with Gasteiger partial charge in [-0.15, -0.1) is 23.1 Å². The van der Waals surface area contributed by atoms with Gasteiger partial charge in [-0.1, -0.05) is 30.3 Å². The monoisotopic (exact) mass is 408 g/mol. The Hall–Kier alpha value is -2.77. The molecule has 2 aromatic heterocycles. The second kappa shape index (κ2) is 7.00. The topological polar surface area (TPSA) is 64.4 Å². The van der Waals surface area contributed by atoms with Crippen LogP contribution < -0.4 is 10.1 Å². The number of nitrogens with one attached hydrogen (secondary N) is 1. The number of amides is 1. The zero-order chi connectivity index (χ0) is 19.1. The van der Waals surface area contributed by atoms with Crippen LogP contribution in [-0.4, -0.2) is 17.5 Å². The van der Waals surface area contributed by atoms with E-state index >= 15 is 0 Å². The Morgan fingerprint density at radius 1 is 1.25 bits per heavy atom. The van der Waals surface area contributed by atoms with Crippen LogP contribution in [0.1, 0.15) is 22.4 Å². The summed E-state index contributed by atoms with van der Waals surface area (Å²) in [4.78, 5) is 19.8. The number of furan rings is 1. The third-order valence-electron chi connectivity index (χ3n) is 4.45. The smallest absolute Gasteiger partial charge is 0.293 e. The molecule has 1 aliphatic heterocycles. The summed E-state index contributed by atoms with van der Waals surface area (Å²) in [5.74, 6) is 1.43. The molecular formula is C21H16N2O3S2. The van der Waals surface area contributed by atoms with Crippen molar-refractivity contribution < 1.29 is 13.9 Å². The highest BCUT2D eigenvalue weighted by molar-refractivity contribution is 7.98. The normalized spacial score (nSPS) is 12.5. The first-order valence-corrected chi connectivity index (χ1v) is 10.7. The van der Waals surface area contributed by atoms with Gasteiger partial charge in [0.25, 0.3) is 5.91 Å². The largest absolute Gasteiger partial charge is 0.490 e. The van der Waals surface area contributed by atoms with Gasteiger partial charge >= 0.3 is 0 Å². The van der Waals surface area contributed by atoms with Crippen LogP contribution in [-0.2, 0) is 5.75 Å². The van der Waals surface area contributed by atoms with Crippen molar-refractivity contribution in [3.05, 3.63) is 59.2 Å². The molecule has 7 heteroatoms. The molecule has 140 valence electrons. The van der Waals surface area contributed by atoms with Crippen LogP contribution in [0.5, 0.6) is 5.75 Å². The molecule has 1 N–H and O–H groups in total. The van der Waals surface area contributed by atoms with Crippen molar-refractivity contribution >= 4 is 45.1 Å². The lowest BCUT2D eigenvalue weighted by molar-refractivity contribution is 0.0998. The number of carbonyl (C=O) groups excluding carboxylic acids is 1. The van der Waals surface area contributed by atoms with E-state index in [1.54, 1.807) is 17.8 Å². The minimum Gasteiger partial charge on any atom is -0.490 e. The predicted octanol–water partition coefficient (Wildman–Crippen LogP) is 5.81. The van der Waals surface area contributed by atoms with E-state index in [-0.39, 0.29) is 11.7 Å². The molecule has 0 atom stereocenters. The third kappa shape index (κ3) is 2.96. The van der Waals surface area contributed by atoms with E-state index in [0.29, 0.717) is 23.1 Å². The molecule has 0 spiro atoms. The fourth-order valence-electron chi connectivity index (χ4n) is 3.22. The molecule has 3 heterocycles. The minimum atomic E-state index is -0.314. The summed E-state index contributed by atoms with van der Waals surface area (Å²) < 4.78 is 11.4. The standard InChI is InChI=1S/C21H16N2O3S2/c1-2-25-14-8-5-6-12-10-15(26-19(12)14)20(24)23-21-22-18-13-7-3-4-9-16(13)27-11-17(18)28-21/h3-10H,2,11H2,1H3,(H,22,23,24). The number of anilines is 1. The number of nitrogens with zero attached hydrogens (tertiary/aromatic N) is 1. The predicted molar refractivity (Wildman–Crippen MR) is 112 cm³/mol. The second-order valence-electron chi connectivity index (χ2n) is 6.25. The molecule has 1 amide bonds. The van der Waals surface area contributed by atoms with E-state index in [0.717, 1.165) is 22.4 Å². The molecule has 5 rings (SSSR count). The highest BCUT2D eigenvalue weighted by Gasteiger charge is 2.23. The van der Waals surface area contributed by atoms with Crippen molar-refractivity contribution in [2.45, 2.75) is 17.6 Å². The Balaban J connectivity index is 1.43. The maximum absolute atomic E-state index is 12.7. The number of hydrogen-bond donors (Lipinski definition) is 1. The number of rotatable bonds is 4. The van der Waals surface area contributed by atoms with Gasteiger partial charge in [-0.3, -0.25) is 10.1 Å². The van der Waals surface area contributed by atoms with Crippen LogP contribution in [0.2, 0.25) is 0 Å². The van der Waals surface area contributed by atoms with Gasteiger partial charge in [0, 0.05) is 26.5 Å². The maximum Gasteiger partial charge on any atom is 0.293 e. The van der Waals surface area contributed by atoms with Crippen molar-refractivity contribution in [2.75, 3.05) is 11.9 Å². The Morgan fingerprint density at radius 2 is 2.14 bits per heavy atom. The number of thiazole rings is 1. The first-order valence-electron chi connectivity index (χ1n) is 8.91. The highest BCUT2D eigenvalue weighted by atomic mass is 32.2. The second-order valence-corrected chi connectivity index (χ2v) is 8.35. The molecule has 2 aromatic carbocycles. The fraction of sp³-hybridized carbons (Fsp3) is 0.143. The molecule has 28 heavy (non-hydrogen) atoms. The van der Waals surface area contributed by atoms with Crippen LogP contribution in [0.25, 0.3) is 22.2 Å². The first kappa shape index (κ1) is 17.3.